The largest absolute Gasteiger partial charge is 0.601 e. The van der Waals surface area contributed by atoms with Crippen molar-refractivity contribution in [2.24, 2.45) is 0 Å². The molecule has 0 aliphatic carbocycles. The maximum atomic E-state index is 5.60. The summed E-state index contributed by atoms with van der Waals surface area (Å²) in [4.78, 5) is 8.54. The first kappa shape index (κ1) is 12.6. The fourth-order valence-electron chi connectivity index (χ4n) is 2.34. The molecule has 2 aliphatic rings. The van der Waals surface area contributed by atoms with Gasteiger partial charge >= 0.3 is 6.01 Å². The monoisotopic (exact) mass is 289 g/mol. The molecular weight excluding hydrogens is 276 g/mol. The molecule has 0 N–H and O–H groups in total. The van der Waals surface area contributed by atoms with Crippen molar-refractivity contribution < 1.29 is 4.74 Å². The molecule has 108 valence electrons. The number of benzene rings is 1. The van der Waals surface area contributed by atoms with E-state index in [-0.39, 0.29) is 6.04 Å². The molecule has 2 aromatic rings. The Kier molecular flexibility index (Phi) is 3.08. The van der Waals surface area contributed by atoms with Gasteiger partial charge in [0.25, 0.3) is 0 Å². The Bertz CT molecular complexity index is 750. The number of hydrogen-bond donors (Lipinski definition) is 0. The van der Waals surface area contributed by atoms with Gasteiger partial charge in [-0.3, -0.25) is 0 Å². The van der Waals surface area contributed by atoms with E-state index in [1.54, 1.807) is 12.4 Å². The predicted octanol–water partition coefficient (Wildman–Crippen LogP) is 3.67. The molecule has 0 amide bonds. The van der Waals surface area contributed by atoms with Crippen LogP contribution in [-0.2, 0) is 0 Å². The molecule has 0 spiro atoms. The zero-order valence-corrected chi connectivity index (χ0v) is 11.7. The lowest BCUT2D eigenvalue weighted by Gasteiger charge is -2.35. The number of ether oxygens (including phenoxy) is 1. The van der Waals surface area contributed by atoms with Gasteiger partial charge < -0.3 is 15.2 Å². The van der Waals surface area contributed by atoms with E-state index >= 15 is 0 Å². The second-order valence-electron chi connectivity index (χ2n) is 4.93. The molecule has 1 atom stereocenters. The molecule has 3 heterocycles. The summed E-state index contributed by atoms with van der Waals surface area (Å²) in [6.45, 7) is 0. The molecule has 1 unspecified atom stereocenters. The second kappa shape index (κ2) is 5.37. The summed E-state index contributed by atoms with van der Waals surface area (Å²) in [5.41, 5.74) is 6.25. The third-order valence-electron chi connectivity index (χ3n) is 3.46. The van der Waals surface area contributed by atoms with Gasteiger partial charge in [-0.1, -0.05) is 30.4 Å². The number of fused-ring (bicyclic) bond motifs is 1. The van der Waals surface area contributed by atoms with Crippen LogP contribution in [0, 0.1) is 0 Å². The van der Waals surface area contributed by atoms with E-state index in [4.69, 9.17) is 4.74 Å². The second-order valence-corrected chi connectivity index (χ2v) is 4.93. The molecule has 0 fully saturated rings. The number of para-hydroxylation sites is 1. The number of nitrogens with zero attached hydrogens (tertiary/aromatic N) is 4. The summed E-state index contributed by atoms with van der Waals surface area (Å²) < 4.78 is 5.60. The predicted molar refractivity (Wildman–Crippen MR) is 83.8 cm³/mol. The molecule has 5 heteroatoms. The fraction of sp³-hybridized carbons (Fsp3) is 0.0588. The van der Waals surface area contributed by atoms with E-state index in [2.05, 4.69) is 21.5 Å². The topological polar surface area (TPSA) is 52.4 Å². The van der Waals surface area contributed by atoms with Crippen LogP contribution in [0.2, 0.25) is 0 Å². The number of aromatic nitrogens is 2. The van der Waals surface area contributed by atoms with Gasteiger partial charge in [-0.25, -0.2) is 9.97 Å². The van der Waals surface area contributed by atoms with E-state index < -0.39 is 0 Å². The summed E-state index contributed by atoms with van der Waals surface area (Å²) in [6, 6.07) is 10.0. The lowest BCUT2D eigenvalue weighted by Crippen LogP contribution is -2.20. The Morgan fingerprint density at radius 1 is 1.09 bits per heavy atom. The van der Waals surface area contributed by atoms with Crippen LogP contribution in [0.25, 0.3) is 11.0 Å². The quantitative estimate of drug-likeness (QED) is 0.865. The standard InChI is InChI=1S/C17H13N4O/c1-2-4-16(5-3-1)22-17-18-11-14(12-19-17)13-7-9-21-15(10-13)6-8-20-21/h1-12,15H/q-1. The summed E-state index contributed by atoms with van der Waals surface area (Å²) in [6.07, 6.45) is 13.5. The third-order valence-corrected chi connectivity index (χ3v) is 3.46. The van der Waals surface area contributed by atoms with Crippen LogP contribution < -0.4 is 4.74 Å². The lowest BCUT2D eigenvalue weighted by molar-refractivity contribution is 0.441. The highest BCUT2D eigenvalue weighted by Crippen LogP contribution is 2.28. The molecule has 4 rings (SSSR count). The van der Waals surface area contributed by atoms with Crippen LogP contribution in [0.3, 0.4) is 0 Å². The van der Waals surface area contributed by atoms with Gasteiger partial charge in [-0.15, -0.1) is 0 Å². The first-order chi connectivity index (χ1) is 10.9. The van der Waals surface area contributed by atoms with E-state index in [0.29, 0.717) is 6.01 Å². The van der Waals surface area contributed by atoms with E-state index in [0.717, 1.165) is 16.9 Å². The Hall–Kier alpha value is -3.08. The molecule has 0 saturated carbocycles. The van der Waals surface area contributed by atoms with Crippen LogP contribution in [-0.4, -0.2) is 21.0 Å². The van der Waals surface area contributed by atoms with Gasteiger partial charge in [-0.2, -0.15) is 6.20 Å². The third kappa shape index (κ3) is 2.44. The maximum Gasteiger partial charge on any atom is 0.321 e. The number of allylic oxidation sites excluding steroid dienone is 2. The van der Waals surface area contributed by atoms with Crippen molar-refractivity contribution in [1.82, 2.24) is 15.0 Å². The van der Waals surface area contributed by atoms with Crippen molar-refractivity contribution in [2.75, 3.05) is 0 Å². The van der Waals surface area contributed by atoms with Crippen molar-refractivity contribution in [2.45, 2.75) is 6.04 Å². The highest BCUT2D eigenvalue weighted by atomic mass is 16.5. The average Bonchev–Trinajstić information content (AvgIpc) is 3.04. The molecule has 1 aromatic heterocycles. The molecule has 0 radical (unpaired) electrons. The zero-order valence-electron chi connectivity index (χ0n) is 11.7. The zero-order chi connectivity index (χ0) is 14.8. The molecule has 2 aliphatic heterocycles. The Labute approximate surface area is 128 Å². The lowest BCUT2D eigenvalue weighted by atomic mass is 10.0. The molecule has 1 aromatic carbocycles. The summed E-state index contributed by atoms with van der Waals surface area (Å²) >= 11 is 0. The van der Waals surface area contributed by atoms with E-state index in [1.165, 1.54) is 0 Å². The molecule has 0 bridgehead atoms. The van der Waals surface area contributed by atoms with Crippen molar-refractivity contribution in [3.8, 4) is 11.8 Å². The van der Waals surface area contributed by atoms with Crippen LogP contribution in [0.4, 0.5) is 0 Å². The van der Waals surface area contributed by atoms with Crippen LogP contribution in [0.15, 0.2) is 73.4 Å². The number of rotatable bonds is 3. The van der Waals surface area contributed by atoms with Crippen LogP contribution in [0.5, 0.6) is 11.8 Å². The summed E-state index contributed by atoms with van der Waals surface area (Å²) in [7, 11) is 0. The molecular formula is C17H13N4O-. The van der Waals surface area contributed by atoms with Gasteiger partial charge in [0.1, 0.15) is 5.75 Å². The highest BCUT2D eigenvalue weighted by molar-refractivity contribution is 5.75. The number of hydrogen-bond acceptors (Lipinski definition) is 4. The van der Waals surface area contributed by atoms with Gasteiger partial charge in [0.2, 0.25) is 0 Å². The Balaban J connectivity index is 1.52. The molecule has 5 nitrogen and oxygen atoms in total. The van der Waals surface area contributed by atoms with Crippen LogP contribution >= 0.6 is 0 Å². The van der Waals surface area contributed by atoms with E-state index in [9.17, 15) is 0 Å². The minimum absolute atomic E-state index is 0.181. The fourth-order valence-corrected chi connectivity index (χ4v) is 2.34. The molecule has 22 heavy (non-hydrogen) atoms. The molecule has 0 saturated heterocycles. The van der Waals surface area contributed by atoms with Gasteiger partial charge in [0, 0.05) is 18.0 Å². The Morgan fingerprint density at radius 2 is 1.91 bits per heavy atom. The minimum atomic E-state index is 0.181. The smallest absolute Gasteiger partial charge is 0.321 e. The summed E-state index contributed by atoms with van der Waals surface area (Å²) in [5.74, 6) is 0.723. The Morgan fingerprint density at radius 3 is 2.73 bits per heavy atom. The van der Waals surface area contributed by atoms with Crippen molar-refractivity contribution >= 4 is 5.57 Å². The van der Waals surface area contributed by atoms with Gasteiger partial charge in [0.05, 0.1) is 6.04 Å². The van der Waals surface area contributed by atoms with E-state index in [1.807, 2.05) is 59.9 Å². The SMILES string of the molecule is C1=CC2C=C(c3cnc(Oc4ccccc4)nc3)C=CN2[N-]1. The van der Waals surface area contributed by atoms with Crippen molar-refractivity contribution in [1.29, 1.82) is 0 Å². The highest BCUT2D eigenvalue weighted by Gasteiger charge is 2.13. The minimum Gasteiger partial charge on any atom is -0.601 e. The van der Waals surface area contributed by atoms with Gasteiger partial charge in [-0.05, 0) is 30.0 Å². The average molecular weight is 289 g/mol. The van der Waals surface area contributed by atoms with Crippen molar-refractivity contribution in [3.63, 3.8) is 0 Å². The van der Waals surface area contributed by atoms with Crippen molar-refractivity contribution in [3.05, 3.63) is 84.3 Å². The first-order valence-corrected chi connectivity index (χ1v) is 7.00. The normalized spacial score (nSPS) is 18.6. The maximum absolute atomic E-state index is 5.60. The van der Waals surface area contributed by atoms with Gasteiger partial charge in [0.15, 0.2) is 0 Å². The van der Waals surface area contributed by atoms with Crippen LogP contribution in [0.1, 0.15) is 5.56 Å². The summed E-state index contributed by atoms with van der Waals surface area (Å²) in [5, 5.41) is 1.90. The first-order valence-electron chi connectivity index (χ1n) is 7.00.